The van der Waals surface area contributed by atoms with Gasteiger partial charge in [-0.3, -0.25) is 9.69 Å². The highest BCUT2D eigenvalue weighted by molar-refractivity contribution is 7.80. The second-order valence-corrected chi connectivity index (χ2v) is 3.50. The topological polar surface area (TPSA) is 32.3 Å². The van der Waals surface area contributed by atoms with Crippen LogP contribution < -0.4 is 5.32 Å². The van der Waals surface area contributed by atoms with Crippen molar-refractivity contribution in [2.24, 2.45) is 0 Å². The summed E-state index contributed by atoms with van der Waals surface area (Å²) in [4.78, 5) is 13.1. The summed E-state index contributed by atoms with van der Waals surface area (Å²) in [5.74, 6) is 0.137. The van der Waals surface area contributed by atoms with Crippen LogP contribution in [0.3, 0.4) is 0 Å². The number of rotatable bonds is 1. The van der Waals surface area contributed by atoms with Gasteiger partial charge in [0.15, 0.2) is 5.11 Å². The van der Waals surface area contributed by atoms with E-state index >= 15 is 0 Å². The molecule has 60 valence electrons. The molecule has 1 saturated carbocycles. The zero-order chi connectivity index (χ0) is 8.01. The number of nitrogens with zero attached hydrogens (tertiary/aromatic N) is 1. The van der Waals surface area contributed by atoms with Gasteiger partial charge in [-0.25, -0.2) is 0 Å². The van der Waals surface area contributed by atoms with E-state index in [-0.39, 0.29) is 11.9 Å². The third-order valence-corrected chi connectivity index (χ3v) is 2.39. The van der Waals surface area contributed by atoms with Crippen LogP contribution in [0.15, 0.2) is 0 Å². The van der Waals surface area contributed by atoms with Gasteiger partial charge >= 0.3 is 0 Å². The molecule has 3 nitrogen and oxygen atoms in total. The summed E-state index contributed by atoms with van der Waals surface area (Å²) >= 11 is 5.00. The van der Waals surface area contributed by atoms with Crippen molar-refractivity contribution < 1.29 is 4.79 Å². The fraction of sp³-hybridized carbons (Fsp3) is 0.714. The molecule has 2 rings (SSSR count). The van der Waals surface area contributed by atoms with E-state index in [1.165, 1.54) is 0 Å². The first kappa shape index (κ1) is 7.03. The Morgan fingerprint density at radius 2 is 2.27 bits per heavy atom. The van der Waals surface area contributed by atoms with E-state index in [2.05, 4.69) is 5.32 Å². The van der Waals surface area contributed by atoms with Gasteiger partial charge in [-0.15, -0.1) is 0 Å². The summed E-state index contributed by atoms with van der Waals surface area (Å²) < 4.78 is 0. The van der Waals surface area contributed by atoms with Crippen LogP contribution in [0.25, 0.3) is 0 Å². The Hall–Kier alpha value is -0.640. The molecule has 1 N–H and O–H groups in total. The molecular formula is C7H10N2OS. The maximum Gasteiger partial charge on any atom is 0.251 e. The lowest BCUT2D eigenvalue weighted by atomic mass is 10.3. The van der Waals surface area contributed by atoms with Gasteiger partial charge in [0.2, 0.25) is 0 Å². The van der Waals surface area contributed by atoms with E-state index in [9.17, 15) is 4.79 Å². The molecule has 0 spiro atoms. The number of hydrogen-bond acceptors (Lipinski definition) is 2. The second kappa shape index (κ2) is 2.17. The van der Waals surface area contributed by atoms with E-state index in [0.717, 1.165) is 12.8 Å². The first-order chi connectivity index (χ1) is 5.20. The standard InChI is InChI=1S/C7H10N2OS/c1-4-6(10)9(5-2-3-5)7(11)8-4/h4-5H,2-3H2,1H3,(H,8,11)/t4-/m0/s1. The number of carbonyl (C=O) groups excluding carboxylic acids is 1. The smallest absolute Gasteiger partial charge is 0.251 e. The highest BCUT2D eigenvalue weighted by atomic mass is 32.1. The van der Waals surface area contributed by atoms with Crippen LogP contribution >= 0.6 is 12.2 Å². The lowest BCUT2D eigenvalue weighted by Crippen LogP contribution is -2.32. The minimum absolute atomic E-state index is 0.108. The SMILES string of the molecule is C[C@@H]1NC(=S)N(C2CC2)C1=O. The van der Waals surface area contributed by atoms with E-state index in [4.69, 9.17) is 12.2 Å². The molecule has 1 aliphatic heterocycles. The minimum atomic E-state index is -0.108. The Morgan fingerprint density at radius 3 is 2.64 bits per heavy atom. The molecule has 0 unspecified atom stereocenters. The van der Waals surface area contributed by atoms with Gasteiger partial charge in [-0.05, 0) is 32.0 Å². The Labute approximate surface area is 70.7 Å². The average Bonchev–Trinajstić information content (AvgIpc) is 2.68. The summed E-state index contributed by atoms with van der Waals surface area (Å²) in [7, 11) is 0. The monoisotopic (exact) mass is 170 g/mol. The fourth-order valence-corrected chi connectivity index (χ4v) is 1.72. The van der Waals surface area contributed by atoms with Gasteiger partial charge in [0.25, 0.3) is 5.91 Å². The lowest BCUT2D eigenvalue weighted by molar-refractivity contribution is -0.127. The number of nitrogens with one attached hydrogen (secondary N) is 1. The van der Waals surface area contributed by atoms with Gasteiger partial charge < -0.3 is 5.32 Å². The van der Waals surface area contributed by atoms with Crippen LogP contribution in [0.5, 0.6) is 0 Å². The molecule has 1 amide bonds. The molecule has 1 aliphatic carbocycles. The van der Waals surface area contributed by atoms with E-state index in [1.54, 1.807) is 4.90 Å². The number of thiocarbonyl (C=S) groups is 1. The van der Waals surface area contributed by atoms with Crippen molar-refractivity contribution in [2.45, 2.75) is 31.8 Å². The Bertz CT molecular complexity index is 224. The van der Waals surface area contributed by atoms with Gasteiger partial charge in [-0.1, -0.05) is 0 Å². The molecule has 0 radical (unpaired) electrons. The van der Waals surface area contributed by atoms with E-state index in [1.807, 2.05) is 6.92 Å². The van der Waals surface area contributed by atoms with E-state index < -0.39 is 0 Å². The largest absolute Gasteiger partial charge is 0.351 e. The number of carbonyl (C=O) groups is 1. The van der Waals surface area contributed by atoms with Crippen molar-refractivity contribution in [3.63, 3.8) is 0 Å². The maximum atomic E-state index is 11.4. The van der Waals surface area contributed by atoms with Gasteiger partial charge in [-0.2, -0.15) is 0 Å². The molecule has 2 aliphatic rings. The molecule has 11 heavy (non-hydrogen) atoms. The highest BCUT2D eigenvalue weighted by Crippen LogP contribution is 2.29. The van der Waals surface area contributed by atoms with Gasteiger partial charge in [0.05, 0.1) is 0 Å². The molecule has 0 bridgehead atoms. The highest BCUT2D eigenvalue weighted by Gasteiger charge is 2.41. The summed E-state index contributed by atoms with van der Waals surface area (Å²) in [6, 6.07) is 0.301. The average molecular weight is 170 g/mol. The molecular weight excluding hydrogens is 160 g/mol. The van der Waals surface area contributed by atoms with Crippen molar-refractivity contribution in [3.05, 3.63) is 0 Å². The van der Waals surface area contributed by atoms with Crippen LogP contribution in [0, 0.1) is 0 Å². The van der Waals surface area contributed by atoms with Crippen molar-refractivity contribution in [3.8, 4) is 0 Å². The van der Waals surface area contributed by atoms with Crippen LogP contribution in [-0.4, -0.2) is 28.0 Å². The van der Waals surface area contributed by atoms with Crippen LogP contribution in [0.4, 0.5) is 0 Å². The Morgan fingerprint density at radius 1 is 1.64 bits per heavy atom. The summed E-state index contributed by atoms with van der Waals surface area (Å²) in [5, 5.41) is 3.56. The number of amides is 1. The summed E-state index contributed by atoms with van der Waals surface area (Å²) in [6.45, 7) is 1.84. The molecule has 1 atom stereocenters. The zero-order valence-corrected chi connectivity index (χ0v) is 7.15. The quantitative estimate of drug-likeness (QED) is 0.573. The van der Waals surface area contributed by atoms with Crippen LogP contribution in [-0.2, 0) is 4.79 Å². The number of hydrogen-bond donors (Lipinski definition) is 1. The van der Waals surface area contributed by atoms with Gasteiger partial charge in [0.1, 0.15) is 6.04 Å². The van der Waals surface area contributed by atoms with Crippen molar-refractivity contribution >= 4 is 23.2 Å². The molecule has 0 aromatic rings. The first-order valence-electron chi connectivity index (χ1n) is 3.83. The molecule has 4 heteroatoms. The van der Waals surface area contributed by atoms with Crippen LogP contribution in [0.2, 0.25) is 0 Å². The Balaban J connectivity index is 2.17. The Kier molecular flexibility index (Phi) is 1.39. The minimum Gasteiger partial charge on any atom is -0.351 e. The van der Waals surface area contributed by atoms with Crippen molar-refractivity contribution in [2.75, 3.05) is 0 Å². The molecule has 1 heterocycles. The fourth-order valence-electron chi connectivity index (χ4n) is 1.30. The predicted molar refractivity (Wildman–Crippen MR) is 45.1 cm³/mol. The first-order valence-corrected chi connectivity index (χ1v) is 4.24. The third-order valence-electron chi connectivity index (χ3n) is 2.08. The van der Waals surface area contributed by atoms with E-state index in [0.29, 0.717) is 11.2 Å². The molecule has 1 saturated heterocycles. The lowest BCUT2D eigenvalue weighted by Gasteiger charge is -2.12. The molecule has 0 aromatic carbocycles. The normalized spacial score (nSPS) is 31.0. The van der Waals surface area contributed by atoms with Crippen molar-refractivity contribution in [1.29, 1.82) is 0 Å². The maximum absolute atomic E-state index is 11.4. The molecule has 0 aromatic heterocycles. The molecule has 2 fully saturated rings. The predicted octanol–water partition coefficient (Wildman–Crippen LogP) is 0.254. The second-order valence-electron chi connectivity index (χ2n) is 3.11. The van der Waals surface area contributed by atoms with Crippen molar-refractivity contribution in [1.82, 2.24) is 10.2 Å². The van der Waals surface area contributed by atoms with Crippen LogP contribution in [0.1, 0.15) is 19.8 Å². The summed E-state index contributed by atoms with van der Waals surface area (Å²) in [5.41, 5.74) is 0. The summed E-state index contributed by atoms with van der Waals surface area (Å²) in [6.07, 6.45) is 2.22. The van der Waals surface area contributed by atoms with Gasteiger partial charge in [0, 0.05) is 6.04 Å². The zero-order valence-electron chi connectivity index (χ0n) is 6.33. The third kappa shape index (κ3) is 1.01.